The van der Waals surface area contributed by atoms with Crippen LogP contribution in [-0.2, 0) is 10.8 Å². The van der Waals surface area contributed by atoms with Gasteiger partial charge in [-0.2, -0.15) is 0 Å². The van der Waals surface area contributed by atoms with Gasteiger partial charge in [-0.05, 0) is 151 Å². The van der Waals surface area contributed by atoms with E-state index in [1.165, 1.54) is 128 Å². The van der Waals surface area contributed by atoms with Gasteiger partial charge in [0.1, 0.15) is 0 Å². The standard InChI is InChI=1S/C62H47N/c1-5-16-50-38(2)58-55(62(50)52-25-10-6-19-44(52)45-20-7-11-26-53(45)62)28-15-29-56(58)63(57-30-14-27-54-60(57)48-21-8-9-24-51(48)61(54,3)4)42-34-31-39(32-35-42)41-33-36-43-46-22-12-17-40-18-13-23-47(59(40)46)49(43)37-41/h5-13,15-29,31-37H,14,30H2,1-4H3/b16-5-. The molecular weight excluding hydrogens is 759 g/mol. The molecule has 0 atom stereocenters. The minimum Gasteiger partial charge on any atom is -0.313 e. The van der Waals surface area contributed by atoms with Gasteiger partial charge in [0.15, 0.2) is 0 Å². The van der Waals surface area contributed by atoms with Crippen molar-refractivity contribution in [1.82, 2.24) is 0 Å². The molecule has 0 saturated carbocycles. The van der Waals surface area contributed by atoms with Crippen molar-refractivity contribution in [1.29, 1.82) is 0 Å². The molecular formula is C62H47N. The maximum Gasteiger partial charge on any atom is 0.0722 e. The normalized spacial score (nSPS) is 16.6. The Bertz CT molecular complexity index is 3380. The van der Waals surface area contributed by atoms with Crippen LogP contribution in [0.25, 0.3) is 66.4 Å². The molecule has 0 unspecified atom stereocenters. The summed E-state index contributed by atoms with van der Waals surface area (Å²) in [4.78, 5) is 2.66. The number of rotatable bonds is 5. The van der Waals surface area contributed by atoms with Crippen LogP contribution in [0.4, 0.5) is 11.4 Å². The summed E-state index contributed by atoms with van der Waals surface area (Å²) >= 11 is 0. The molecule has 5 aliphatic rings. The molecule has 0 amide bonds. The summed E-state index contributed by atoms with van der Waals surface area (Å²) in [5.74, 6) is 0. The van der Waals surface area contributed by atoms with Crippen LogP contribution in [0.3, 0.4) is 0 Å². The maximum absolute atomic E-state index is 2.66. The van der Waals surface area contributed by atoms with Crippen molar-refractivity contribution in [3.63, 3.8) is 0 Å². The first-order valence-corrected chi connectivity index (χ1v) is 22.7. The van der Waals surface area contributed by atoms with Gasteiger partial charge in [0.05, 0.1) is 11.1 Å². The smallest absolute Gasteiger partial charge is 0.0722 e. The number of nitrogens with zero attached hydrogens (tertiary/aromatic N) is 1. The molecule has 13 rings (SSSR count). The van der Waals surface area contributed by atoms with E-state index in [0.29, 0.717) is 0 Å². The number of allylic oxidation sites excluding steroid dienone is 8. The maximum atomic E-state index is 2.66. The molecule has 8 aromatic rings. The van der Waals surface area contributed by atoms with E-state index < -0.39 is 5.41 Å². The average molecular weight is 806 g/mol. The average Bonchev–Trinajstić information content (AvgIpc) is 3.98. The summed E-state index contributed by atoms with van der Waals surface area (Å²) < 4.78 is 0. The highest BCUT2D eigenvalue weighted by molar-refractivity contribution is 6.15. The van der Waals surface area contributed by atoms with Gasteiger partial charge in [-0.1, -0.05) is 178 Å². The fourth-order valence-electron chi connectivity index (χ4n) is 12.7. The Labute approximate surface area is 370 Å². The quantitative estimate of drug-likeness (QED) is 0.167. The molecule has 0 bridgehead atoms. The number of benzene rings is 8. The summed E-state index contributed by atoms with van der Waals surface area (Å²) in [5.41, 5.74) is 27.5. The topological polar surface area (TPSA) is 3.24 Å². The molecule has 0 heterocycles. The third-order valence-electron chi connectivity index (χ3n) is 15.2. The molecule has 1 nitrogen and oxygen atoms in total. The van der Waals surface area contributed by atoms with Gasteiger partial charge in [0, 0.05) is 27.9 Å². The van der Waals surface area contributed by atoms with Crippen molar-refractivity contribution >= 4 is 33.3 Å². The Morgan fingerprint density at radius 3 is 1.86 bits per heavy atom. The van der Waals surface area contributed by atoms with E-state index in [-0.39, 0.29) is 5.41 Å². The third kappa shape index (κ3) is 4.72. The van der Waals surface area contributed by atoms with Gasteiger partial charge in [-0.3, -0.25) is 0 Å². The van der Waals surface area contributed by atoms with E-state index in [1.807, 2.05) is 0 Å². The van der Waals surface area contributed by atoms with Crippen LogP contribution < -0.4 is 4.90 Å². The lowest BCUT2D eigenvalue weighted by Crippen LogP contribution is -2.27. The molecule has 5 aliphatic carbocycles. The van der Waals surface area contributed by atoms with E-state index >= 15 is 0 Å². The molecule has 1 heteroatoms. The second kappa shape index (κ2) is 13.1. The summed E-state index contributed by atoms with van der Waals surface area (Å²) in [7, 11) is 0. The molecule has 1 spiro atoms. The van der Waals surface area contributed by atoms with Crippen LogP contribution in [0.2, 0.25) is 0 Å². The molecule has 0 aromatic heterocycles. The fourth-order valence-corrected chi connectivity index (χ4v) is 12.7. The van der Waals surface area contributed by atoms with Crippen LogP contribution in [0, 0.1) is 0 Å². The van der Waals surface area contributed by atoms with Crippen molar-refractivity contribution in [2.24, 2.45) is 0 Å². The molecule has 8 aromatic carbocycles. The molecule has 0 N–H and O–H groups in total. The van der Waals surface area contributed by atoms with Gasteiger partial charge in [0.25, 0.3) is 0 Å². The van der Waals surface area contributed by atoms with Crippen LogP contribution in [0.1, 0.15) is 73.9 Å². The zero-order chi connectivity index (χ0) is 42.2. The summed E-state index contributed by atoms with van der Waals surface area (Å²) in [6.07, 6.45) is 9.12. The monoisotopic (exact) mass is 805 g/mol. The van der Waals surface area contributed by atoms with Crippen molar-refractivity contribution in [2.75, 3.05) is 4.90 Å². The molecule has 0 fully saturated rings. The SMILES string of the molecule is C/C=C\C1=C(C)c2c(N(C3=C4C(=CCC3)C(C)(C)c3ccccc34)c3ccc(-c4ccc5c(c4)-c4cccc6cccc-5c46)cc3)cccc2C12c1ccccc1-c1ccccc12. The van der Waals surface area contributed by atoms with Crippen molar-refractivity contribution in [3.8, 4) is 44.5 Å². The van der Waals surface area contributed by atoms with E-state index in [0.717, 1.165) is 12.8 Å². The first kappa shape index (κ1) is 36.4. The van der Waals surface area contributed by atoms with Gasteiger partial charge >= 0.3 is 0 Å². The zero-order valence-corrected chi connectivity index (χ0v) is 36.3. The lowest BCUT2D eigenvalue weighted by molar-refractivity contribution is 0.652. The minimum atomic E-state index is -0.417. The zero-order valence-electron chi connectivity index (χ0n) is 36.3. The van der Waals surface area contributed by atoms with Crippen molar-refractivity contribution in [3.05, 3.63) is 238 Å². The third-order valence-corrected chi connectivity index (χ3v) is 15.2. The predicted octanol–water partition coefficient (Wildman–Crippen LogP) is 16.4. The number of anilines is 2. The Morgan fingerprint density at radius 2 is 1.14 bits per heavy atom. The second-order valence-electron chi connectivity index (χ2n) is 18.6. The van der Waals surface area contributed by atoms with Crippen molar-refractivity contribution < 1.29 is 0 Å². The number of hydrogen-bond donors (Lipinski definition) is 0. The summed E-state index contributed by atoms with van der Waals surface area (Å²) in [5, 5.41) is 2.67. The Balaban J connectivity index is 1.04. The van der Waals surface area contributed by atoms with E-state index in [1.54, 1.807) is 0 Å². The summed E-state index contributed by atoms with van der Waals surface area (Å²) in [6, 6.07) is 64.5. The van der Waals surface area contributed by atoms with Crippen LogP contribution in [-0.4, -0.2) is 0 Å². The highest BCUT2D eigenvalue weighted by Crippen LogP contribution is 2.64. The fraction of sp³-hybridized carbons (Fsp3) is 0.129. The van der Waals surface area contributed by atoms with Gasteiger partial charge < -0.3 is 4.90 Å². The first-order valence-electron chi connectivity index (χ1n) is 22.7. The molecule has 0 radical (unpaired) electrons. The van der Waals surface area contributed by atoms with E-state index in [4.69, 9.17) is 0 Å². The Morgan fingerprint density at radius 1 is 0.540 bits per heavy atom. The van der Waals surface area contributed by atoms with Crippen molar-refractivity contribution in [2.45, 2.75) is 51.4 Å². The highest BCUT2D eigenvalue weighted by Gasteiger charge is 2.52. The molecule has 0 aliphatic heterocycles. The van der Waals surface area contributed by atoms with Gasteiger partial charge in [-0.15, -0.1) is 0 Å². The minimum absolute atomic E-state index is 0.0838. The number of hydrogen-bond acceptors (Lipinski definition) is 1. The van der Waals surface area contributed by atoms with Crippen LogP contribution in [0.5, 0.6) is 0 Å². The van der Waals surface area contributed by atoms with Crippen LogP contribution in [0.15, 0.2) is 205 Å². The highest BCUT2D eigenvalue weighted by atomic mass is 15.2. The molecule has 300 valence electrons. The van der Waals surface area contributed by atoms with E-state index in [2.05, 4.69) is 221 Å². The lowest BCUT2D eigenvalue weighted by atomic mass is 9.69. The Kier molecular flexibility index (Phi) is 7.60. The summed E-state index contributed by atoms with van der Waals surface area (Å²) in [6.45, 7) is 9.37. The van der Waals surface area contributed by atoms with Crippen LogP contribution >= 0.6 is 0 Å². The second-order valence-corrected chi connectivity index (χ2v) is 18.6. The molecule has 0 saturated heterocycles. The number of fused-ring (bicyclic) bond motifs is 13. The first-order chi connectivity index (χ1) is 30.9. The predicted molar refractivity (Wildman–Crippen MR) is 265 cm³/mol. The molecule has 63 heavy (non-hydrogen) atoms. The van der Waals surface area contributed by atoms with E-state index in [9.17, 15) is 0 Å². The van der Waals surface area contributed by atoms with Gasteiger partial charge in [0.2, 0.25) is 0 Å². The van der Waals surface area contributed by atoms with Gasteiger partial charge in [-0.25, -0.2) is 0 Å². The largest absolute Gasteiger partial charge is 0.313 e. The lowest BCUT2D eigenvalue weighted by Gasteiger charge is -2.36. The Hall–Kier alpha value is -7.22.